The van der Waals surface area contributed by atoms with Crippen LogP contribution < -0.4 is 0 Å². The Morgan fingerprint density at radius 3 is 2.57 bits per heavy atom. The summed E-state index contributed by atoms with van der Waals surface area (Å²) in [6.07, 6.45) is 3.02. The summed E-state index contributed by atoms with van der Waals surface area (Å²) in [7, 11) is 0. The van der Waals surface area contributed by atoms with Gasteiger partial charge in [-0.15, -0.1) is 0 Å². The third-order valence-electron chi connectivity index (χ3n) is 2.77. The minimum atomic E-state index is -0.0691. The molecule has 78 valence electrons. The molecule has 0 spiro atoms. The van der Waals surface area contributed by atoms with Crippen LogP contribution in [0.2, 0.25) is 0 Å². The maximum Gasteiger partial charge on any atom is 0.126 e. The maximum absolute atomic E-state index is 13.2. The van der Waals surface area contributed by atoms with Crippen LogP contribution in [0.25, 0.3) is 0 Å². The summed E-state index contributed by atoms with van der Waals surface area (Å²) in [6, 6.07) is 5.50. The van der Waals surface area contributed by atoms with Crippen LogP contribution in [0.4, 0.5) is 4.39 Å². The first-order valence-electron chi connectivity index (χ1n) is 5.44. The average molecular weight is 194 g/mol. The van der Waals surface area contributed by atoms with Gasteiger partial charge in [-0.05, 0) is 36.0 Å². The van der Waals surface area contributed by atoms with Crippen molar-refractivity contribution >= 4 is 0 Å². The molecular formula is C13H19F. The summed E-state index contributed by atoms with van der Waals surface area (Å²) in [5, 5.41) is 0. The third-order valence-corrected chi connectivity index (χ3v) is 2.77. The second-order valence-electron chi connectivity index (χ2n) is 4.00. The molecule has 1 rings (SSSR count). The van der Waals surface area contributed by atoms with Gasteiger partial charge >= 0.3 is 0 Å². The average Bonchev–Trinajstić information content (AvgIpc) is 2.20. The van der Waals surface area contributed by atoms with Gasteiger partial charge in [-0.25, -0.2) is 4.39 Å². The minimum absolute atomic E-state index is 0.0691. The van der Waals surface area contributed by atoms with Crippen molar-refractivity contribution in [2.45, 2.75) is 40.0 Å². The van der Waals surface area contributed by atoms with Gasteiger partial charge in [0.1, 0.15) is 5.82 Å². The number of hydrogen-bond acceptors (Lipinski definition) is 0. The molecule has 0 amide bonds. The monoisotopic (exact) mass is 194 g/mol. The molecule has 0 aliphatic heterocycles. The van der Waals surface area contributed by atoms with Gasteiger partial charge in [0.05, 0.1) is 0 Å². The highest BCUT2D eigenvalue weighted by Gasteiger charge is 2.04. The normalized spacial score (nSPS) is 12.9. The molecule has 0 nitrogen and oxygen atoms in total. The van der Waals surface area contributed by atoms with Gasteiger partial charge in [0.2, 0.25) is 0 Å². The number of hydrogen-bond donors (Lipinski definition) is 0. The topological polar surface area (TPSA) is 0 Å². The lowest BCUT2D eigenvalue weighted by Crippen LogP contribution is -1.99. The van der Waals surface area contributed by atoms with Gasteiger partial charge in [-0.2, -0.15) is 0 Å². The molecule has 0 radical (unpaired) electrons. The van der Waals surface area contributed by atoms with Crippen molar-refractivity contribution in [2.24, 2.45) is 5.92 Å². The fourth-order valence-electron chi connectivity index (χ4n) is 1.57. The van der Waals surface area contributed by atoms with E-state index in [0.717, 1.165) is 18.4 Å². The van der Waals surface area contributed by atoms with E-state index in [9.17, 15) is 4.39 Å². The number of benzene rings is 1. The zero-order valence-corrected chi connectivity index (χ0v) is 9.31. The van der Waals surface area contributed by atoms with Crippen LogP contribution in [-0.2, 0) is 12.8 Å². The Morgan fingerprint density at radius 2 is 2.00 bits per heavy atom. The number of halogens is 1. The molecule has 0 aliphatic carbocycles. The largest absolute Gasteiger partial charge is 0.207 e. The molecule has 0 aliphatic rings. The highest BCUT2D eigenvalue weighted by atomic mass is 19.1. The van der Waals surface area contributed by atoms with E-state index in [1.54, 1.807) is 6.07 Å². The summed E-state index contributed by atoms with van der Waals surface area (Å²) in [6.45, 7) is 6.41. The van der Waals surface area contributed by atoms with Crippen molar-refractivity contribution in [1.82, 2.24) is 0 Å². The maximum atomic E-state index is 13.2. The van der Waals surface area contributed by atoms with Gasteiger partial charge in [0.15, 0.2) is 0 Å². The first kappa shape index (κ1) is 11.2. The molecule has 0 heterocycles. The fraction of sp³-hybridized carbons (Fsp3) is 0.538. The summed E-state index contributed by atoms with van der Waals surface area (Å²) in [5.74, 6) is 0.616. The van der Waals surface area contributed by atoms with Crippen LogP contribution in [0.15, 0.2) is 18.2 Å². The van der Waals surface area contributed by atoms with Gasteiger partial charge in [-0.1, -0.05) is 39.3 Å². The minimum Gasteiger partial charge on any atom is -0.207 e. The molecule has 14 heavy (non-hydrogen) atoms. The Kier molecular flexibility index (Phi) is 4.12. The van der Waals surface area contributed by atoms with E-state index in [-0.39, 0.29) is 5.82 Å². The second kappa shape index (κ2) is 5.14. The van der Waals surface area contributed by atoms with E-state index in [2.05, 4.69) is 13.8 Å². The Labute approximate surface area is 86.2 Å². The summed E-state index contributed by atoms with van der Waals surface area (Å²) < 4.78 is 13.2. The molecule has 1 heteroatoms. The Hall–Kier alpha value is -0.850. The van der Waals surface area contributed by atoms with Gasteiger partial charge in [0, 0.05) is 0 Å². The number of rotatable bonds is 4. The highest BCUT2D eigenvalue weighted by Crippen LogP contribution is 2.16. The van der Waals surface area contributed by atoms with Crippen molar-refractivity contribution in [3.63, 3.8) is 0 Å². The Morgan fingerprint density at radius 1 is 1.29 bits per heavy atom. The summed E-state index contributed by atoms with van der Waals surface area (Å²) >= 11 is 0. The van der Waals surface area contributed by atoms with Crippen molar-refractivity contribution in [1.29, 1.82) is 0 Å². The molecule has 0 saturated heterocycles. The smallest absolute Gasteiger partial charge is 0.126 e. The van der Waals surface area contributed by atoms with Crippen molar-refractivity contribution in [3.8, 4) is 0 Å². The predicted molar refractivity (Wildman–Crippen MR) is 58.9 cm³/mol. The van der Waals surface area contributed by atoms with Crippen molar-refractivity contribution in [2.75, 3.05) is 0 Å². The second-order valence-corrected chi connectivity index (χ2v) is 4.00. The zero-order chi connectivity index (χ0) is 10.6. The van der Waals surface area contributed by atoms with Crippen molar-refractivity contribution < 1.29 is 4.39 Å². The highest BCUT2D eigenvalue weighted by molar-refractivity contribution is 5.25. The number of aryl methyl sites for hydroxylation is 1. The van der Waals surface area contributed by atoms with E-state index in [0.29, 0.717) is 5.92 Å². The lowest BCUT2D eigenvalue weighted by atomic mass is 9.97. The molecular weight excluding hydrogens is 175 g/mol. The summed E-state index contributed by atoms with van der Waals surface area (Å²) in [5.41, 5.74) is 2.10. The lowest BCUT2D eigenvalue weighted by molar-refractivity contribution is 0.557. The van der Waals surface area contributed by atoms with Crippen LogP contribution in [-0.4, -0.2) is 0 Å². The molecule has 1 unspecified atom stereocenters. The SMILES string of the molecule is CCc1cc(CC(C)CC)ccc1F. The van der Waals surface area contributed by atoms with Gasteiger partial charge in [0.25, 0.3) is 0 Å². The van der Waals surface area contributed by atoms with Crippen LogP contribution >= 0.6 is 0 Å². The van der Waals surface area contributed by atoms with E-state index < -0.39 is 0 Å². The first-order chi connectivity index (χ1) is 6.67. The van der Waals surface area contributed by atoms with E-state index >= 15 is 0 Å². The van der Waals surface area contributed by atoms with Crippen LogP contribution in [0, 0.1) is 11.7 Å². The van der Waals surface area contributed by atoms with Gasteiger partial charge < -0.3 is 0 Å². The van der Waals surface area contributed by atoms with E-state index in [1.165, 1.54) is 12.0 Å². The predicted octanol–water partition coefficient (Wildman–Crippen LogP) is 3.98. The van der Waals surface area contributed by atoms with E-state index in [4.69, 9.17) is 0 Å². The van der Waals surface area contributed by atoms with Crippen LogP contribution in [0.5, 0.6) is 0 Å². The molecule has 0 N–H and O–H groups in total. The van der Waals surface area contributed by atoms with Crippen LogP contribution in [0.1, 0.15) is 38.3 Å². The van der Waals surface area contributed by atoms with Crippen LogP contribution in [0.3, 0.4) is 0 Å². The quantitative estimate of drug-likeness (QED) is 0.680. The molecule has 0 saturated carbocycles. The molecule has 0 fully saturated rings. The molecule has 1 aromatic carbocycles. The van der Waals surface area contributed by atoms with Crippen molar-refractivity contribution in [3.05, 3.63) is 35.1 Å². The Balaban J connectivity index is 2.79. The molecule has 0 aromatic heterocycles. The van der Waals surface area contributed by atoms with Gasteiger partial charge in [-0.3, -0.25) is 0 Å². The molecule has 1 atom stereocenters. The third kappa shape index (κ3) is 2.83. The zero-order valence-electron chi connectivity index (χ0n) is 9.31. The fourth-order valence-corrected chi connectivity index (χ4v) is 1.57. The Bertz CT molecular complexity index is 291. The first-order valence-corrected chi connectivity index (χ1v) is 5.44. The molecule has 1 aromatic rings. The lowest BCUT2D eigenvalue weighted by Gasteiger charge is -2.09. The summed E-state index contributed by atoms with van der Waals surface area (Å²) in [4.78, 5) is 0. The van der Waals surface area contributed by atoms with E-state index in [1.807, 2.05) is 19.1 Å². The standard InChI is InChI=1S/C13H19F/c1-4-10(3)8-11-6-7-13(14)12(5-2)9-11/h6-7,9-10H,4-5,8H2,1-3H3. The molecule has 0 bridgehead atoms.